The number of hydrogen-bond donors (Lipinski definition) is 1. The number of nitrogens with zero attached hydrogens (tertiary/aromatic N) is 2. The molecule has 0 saturated heterocycles. The highest BCUT2D eigenvalue weighted by molar-refractivity contribution is 7.89. The monoisotopic (exact) mass is 355 g/mol. The van der Waals surface area contributed by atoms with Crippen LogP contribution in [0.1, 0.15) is 29.8 Å². The van der Waals surface area contributed by atoms with Crippen molar-refractivity contribution in [2.24, 2.45) is 5.14 Å². The summed E-state index contributed by atoms with van der Waals surface area (Å²) in [5.41, 5.74) is 2.28. The summed E-state index contributed by atoms with van der Waals surface area (Å²) in [5.74, 6) is 1.23. The average Bonchev–Trinajstić information content (AvgIpc) is 3.08. The molecule has 0 fully saturated rings. The van der Waals surface area contributed by atoms with E-state index < -0.39 is 10.0 Å². The van der Waals surface area contributed by atoms with Crippen molar-refractivity contribution in [3.8, 4) is 0 Å². The maximum absolute atomic E-state index is 11.3. The van der Waals surface area contributed by atoms with Crippen LogP contribution in [-0.2, 0) is 23.0 Å². The van der Waals surface area contributed by atoms with E-state index in [0.717, 1.165) is 24.4 Å². The minimum atomic E-state index is -3.64. The van der Waals surface area contributed by atoms with Crippen molar-refractivity contribution in [3.05, 3.63) is 83.9 Å². The molecule has 0 aliphatic rings. The molecule has 25 heavy (non-hydrogen) atoms. The number of imidazole rings is 1. The van der Waals surface area contributed by atoms with Crippen LogP contribution in [0, 0.1) is 0 Å². The summed E-state index contributed by atoms with van der Waals surface area (Å²) < 4.78 is 24.8. The van der Waals surface area contributed by atoms with E-state index in [9.17, 15) is 8.42 Å². The Morgan fingerprint density at radius 1 is 1.08 bits per heavy atom. The first-order valence-electron chi connectivity index (χ1n) is 8.13. The third-order valence-electron chi connectivity index (χ3n) is 4.33. The zero-order chi connectivity index (χ0) is 17.9. The second-order valence-corrected chi connectivity index (χ2v) is 7.61. The third-order valence-corrected chi connectivity index (χ3v) is 5.26. The number of nitrogens with two attached hydrogens (primary N) is 1. The highest BCUT2D eigenvalue weighted by Crippen LogP contribution is 2.22. The number of sulfonamides is 1. The molecule has 0 aliphatic heterocycles. The number of rotatable bonds is 6. The van der Waals surface area contributed by atoms with Crippen molar-refractivity contribution in [2.45, 2.75) is 30.7 Å². The number of hydrogen-bond acceptors (Lipinski definition) is 3. The molecule has 130 valence electrons. The number of primary sulfonamides is 1. The molecule has 0 bridgehead atoms. The van der Waals surface area contributed by atoms with Gasteiger partial charge in [0.05, 0.1) is 4.90 Å². The van der Waals surface area contributed by atoms with Crippen LogP contribution in [-0.4, -0.2) is 18.0 Å². The maximum atomic E-state index is 11.3. The normalized spacial score (nSPS) is 12.9. The molecule has 6 heteroatoms. The predicted molar refractivity (Wildman–Crippen MR) is 97.7 cm³/mol. The van der Waals surface area contributed by atoms with Crippen LogP contribution >= 0.6 is 0 Å². The highest BCUT2D eigenvalue weighted by atomic mass is 32.2. The lowest BCUT2D eigenvalue weighted by Crippen LogP contribution is -2.12. The minimum Gasteiger partial charge on any atom is -0.334 e. The zero-order valence-electron chi connectivity index (χ0n) is 14.0. The van der Waals surface area contributed by atoms with Gasteiger partial charge in [-0.25, -0.2) is 18.5 Å². The Balaban J connectivity index is 1.72. The lowest BCUT2D eigenvalue weighted by Gasteiger charge is -2.14. The van der Waals surface area contributed by atoms with Crippen LogP contribution in [0.15, 0.2) is 71.9 Å². The van der Waals surface area contributed by atoms with Gasteiger partial charge in [-0.3, -0.25) is 0 Å². The Labute approximate surface area is 148 Å². The molecule has 5 nitrogen and oxygen atoms in total. The fraction of sp³-hybridized carbons (Fsp3) is 0.211. The molecule has 1 aromatic heterocycles. The molecule has 0 amide bonds. The smallest absolute Gasteiger partial charge is 0.238 e. The molecule has 1 heterocycles. The molecule has 3 rings (SSSR count). The van der Waals surface area contributed by atoms with E-state index in [2.05, 4.69) is 28.6 Å². The van der Waals surface area contributed by atoms with Gasteiger partial charge in [0.15, 0.2) is 0 Å². The third kappa shape index (κ3) is 4.15. The van der Waals surface area contributed by atoms with E-state index in [0.29, 0.717) is 0 Å². The molecular formula is C19H21N3O2S. The van der Waals surface area contributed by atoms with Crippen LogP contribution in [0.3, 0.4) is 0 Å². The van der Waals surface area contributed by atoms with E-state index in [1.165, 1.54) is 5.56 Å². The van der Waals surface area contributed by atoms with E-state index in [1.807, 2.05) is 30.6 Å². The van der Waals surface area contributed by atoms with Crippen LogP contribution in [0.2, 0.25) is 0 Å². The Morgan fingerprint density at radius 2 is 1.76 bits per heavy atom. The molecule has 1 atom stereocenters. The van der Waals surface area contributed by atoms with Gasteiger partial charge in [-0.1, -0.05) is 49.4 Å². The lowest BCUT2D eigenvalue weighted by molar-refractivity contribution is 0.597. The van der Waals surface area contributed by atoms with Crippen molar-refractivity contribution in [1.82, 2.24) is 9.55 Å². The number of benzene rings is 2. The predicted octanol–water partition coefficient (Wildman–Crippen LogP) is 2.92. The second kappa shape index (κ2) is 7.21. The van der Waals surface area contributed by atoms with Crippen LogP contribution < -0.4 is 5.14 Å². The first-order valence-corrected chi connectivity index (χ1v) is 9.67. The van der Waals surface area contributed by atoms with E-state index in [4.69, 9.17) is 5.14 Å². The molecule has 2 aromatic carbocycles. The van der Waals surface area contributed by atoms with Gasteiger partial charge in [0, 0.05) is 24.9 Å². The van der Waals surface area contributed by atoms with Crippen LogP contribution in [0.4, 0.5) is 0 Å². The SMILES string of the molecule is CC(c1ccccc1)c1nccn1CCc1ccc(S(N)(=O)=O)cc1. The minimum absolute atomic E-state index is 0.136. The van der Waals surface area contributed by atoms with Gasteiger partial charge in [-0.05, 0) is 29.7 Å². The number of aromatic nitrogens is 2. The topological polar surface area (TPSA) is 78.0 Å². The summed E-state index contributed by atoms with van der Waals surface area (Å²) in [4.78, 5) is 4.65. The molecule has 1 unspecified atom stereocenters. The highest BCUT2D eigenvalue weighted by Gasteiger charge is 2.14. The maximum Gasteiger partial charge on any atom is 0.238 e. The van der Waals surface area contributed by atoms with Gasteiger partial charge in [-0.2, -0.15) is 0 Å². The fourth-order valence-electron chi connectivity index (χ4n) is 2.88. The van der Waals surface area contributed by atoms with Crippen molar-refractivity contribution in [1.29, 1.82) is 0 Å². The summed E-state index contributed by atoms with van der Waals surface area (Å²) >= 11 is 0. The van der Waals surface area contributed by atoms with Crippen molar-refractivity contribution >= 4 is 10.0 Å². The van der Waals surface area contributed by atoms with E-state index in [-0.39, 0.29) is 10.8 Å². The van der Waals surface area contributed by atoms with Crippen LogP contribution in [0.25, 0.3) is 0 Å². The quantitative estimate of drug-likeness (QED) is 0.738. The van der Waals surface area contributed by atoms with Gasteiger partial charge >= 0.3 is 0 Å². The number of aryl methyl sites for hydroxylation is 2. The second-order valence-electron chi connectivity index (χ2n) is 6.05. The molecule has 0 saturated carbocycles. The Kier molecular flexibility index (Phi) is 5.01. The van der Waals surface area contributed by atoms with Gasteiger partial charge in [0.1, 0.15) is 5.82 Å². The van der Waals surface area contributed by atoms with Gasteiger partial charge < -0.3 is 4.57 Å². The lowest BCUT2D eigenvalue weighted by atomic mass is 10.0. The largest absolute Gasteiger partial charge is 0.334 e. The molecule has 0 radical (unpaired) electrons. The van der Waals surface area contributed by atoms with Crippen molar-refractivity contribution in [2.75, 3.05) is 0 Å². The summed E-state index contributed by atoms with van der Waals surface area (Å²) in [6, 6.07) is 17.0. The first-order chi connectivity index (χ1) is 11.9. The summed E-state index contributed by atoms with van der Waals surface area (Å²) in [5, 5.41) is 5.13. The zero-order valence-corrected chi connectivity index (χ0v) is 14.9. The molecular weight excluding hydrogens is 334 g/mol. The molecule has 0 spiro atoms. The van der Waals surface area contributed by atoms with Gasteiger partial charge in [0.25, 0.3) is 0 Å². The summed E-state index contributed by atoms with van der Waals surface area (Å²) in [7, 11) is -3.64. The first kappa shape index (κ1) is 17.4. The van der Waals surface area contributed by atoms with Gasteiger partial charge in [-0.15, -0.1) is 0 Å². The van der Waals surface area contributed by atoms with Crippen molar-refractivity contribution < 1.29 is 8.42 Å². The Morgan fingerprint density at radius 3 is 2.40 bits per heavy atom. The summed E-state index contributed by atoms with van der Waals surface area (Å²) in [6.07, 6.45) is 4.59. The Hall–Kier alpha value is -2.44. The summed E-state index contributed by atoms with van der Waals surface area (Å²) in [6.45, 7) is 2.93. The van der Waals surface area contributed by atoms with Gasteiger partial charge in [0.2, 0.25) is 10.0 Å². The van der Waals surface area contributed by atoms with E-state index >= 15 is 0 Å². The average molecular weight is 355 g/mol. The van der Waals surface area contributed by atoms with E-state index in [1.54, 1.807) is 24.3 Å². The Bertz CT molecular complexity index is 932. The molecule has 0 aliphatic carbocycles. The molecule has 2 N–H and O–H groups in total. The van der Waals surface area contributed by atoms with Crippen molar-refractivity contribution in [3.63, 3.8) is 0 Å². The fourth-order valence-corrected chi connectivity index (χ4v) is 3.39. The van der Waals surface area contributed by atoms with Crippen LogP contribution in [0.5, 0.6) is 0 Å². The standard InChI is InChI=1S/C19H21N3O2S/c1-15(17-5-3-2-4-6-17)19-21-12-14-22(19)13-11-16-7-9-18(10-8-16)25(20,23)24/h2-10,12,14-15H,11,13H2,1H3,(H2,20,23,24). The molecule has 3 aromatic rings.